The molecule has 0 radical (unpaired) electrons. The molecule has 0 aromatic carbocycles. The monoisotopic (exact) mass is 334 g/mol. The zero-order valence-electron chi connectivity index (χ0n) is 13.5. The second-order valence-electron chi connectivity index (χ2n) is 6.03. The average Bonchev–Trinajstić information content (AvgIpc) is 2.46. The molecular weight excluding hydrogens is 308 g/mol. The number of hydrogen-bond acceptors (Lipinski definition) is 5. The standard InChI is InChI=1S/C14H26N2O5S/c1-4-20-14(17)13-6-5-7-15(10-13)22(18,19)16-8-11(2)21-12(3)9-16/h11-13H,4-10H2,1-3H3/t11-,12+,13-/m1/s1. The molecule has 2 aliphatic heterocycles. The van der Waals surface area contributed by atoms with Crippen molar-refractivity contribution in [2.75, 3.05) is 32.8 Å². The first kappa shape index (κ1) is 17.7. The number of carbonyl (C=O) groups is 1. The molecular formula is C14H26N2O5S. The van der Waals surface area contributed by atoms with Gasteiger partial charge in [-0.15, -0.1) is 0 Å². The SMILES string of the molecule is CCOC(=O)[C@@H]1CCCN(S(=O)(=O)N2C[C@@H](C)O[C@@H](C)C2)C1. The molecule has 7 nitrogen and oxygen atoms in total. The number of morpholine rings is 1. The van der Waals surface area contributed by atoms with Crippen LogP contribution in [0.3, 0.4) is 0 Å². The number of esters is 1. The van der Waals surface area contributed by atoms with E-state index in [1.807, 2.05) is 13.8 Å². The molecule has 0 unspecified atom stereocenters. The van der Waals surface area contributed by atoms with Crippen LogP contribution in [0.4, 0.5) is 0 Å². The zero-order chi connectivity index (χ0) is 16.3. The van der Waals surface area contributed by atoms with Crippen LogP contribution in [0.1, 0.15) is 33.6 Å². The molecule has 0 saturated carbocycles. The van der Waals surface area contributed by atoms with Gasteiger partial charge in [-0.2, -0.15) is 17.0 Å². The molecule has 0 aliphatic carbocycles. The van der Waals surface area contributed by atoms with Crippen LogP contribution >= 0.6 is 0 Å². The molecule has 0 aromatic heterocycles. The number of carbonyl (C=O) groups excluding carboxylic acids is 1. The van der Waals surface area contributed by atoms with E-state index >= 15 is 0 Å². The lowest BCUT2D eigenvalue weighted by Gasteiger charge is -2.39. The highest BCUT2D eigenvalue weighted by Gasteiger charge is 2.39. The molecule has 0 aromatic rings. The first-order valence-electron chi connectivity index (χ1n) is 7.92. The van der Waals surface area contributed by atoms with Gasteiger partial charge in [-0.05, 0) is 33.6 Å². The smallest absolute Gasteiger partial charge is 0.310 e. The van der Waals surface area contributed by atoms with Gasteiger partial charge in [0.15, 0.2) is 0 Å². The van der Waals surface area contributed by atoms with E-state index in [9.17, 15) is 13.2 Å². The van der Waals surface area contributed by atoms with Gasteiger partial charge in [-0.25, -0.2) is 0 Å². The number of ether oxygens (including phenoxy) is 2. The van der Waals surface area contributed by atoms with Gasteiger partial charge in [-0.1, -0.05) is 0 Å². The maximum atomic E-state index is 12.8. The van der Waals surface area contributed by atoms with E-state index in [0.717, 1.165) is 0 Å². The van der Waals surface area contributed by atoms with E-state index in [1.54, 1.807) is 6.92 Å². The van der Waals surface area contributed by atoms with E-state index < -0.39 is 10.2 Å². The van der Waals surface area contributed by atoms with Crippen LogP contribution < -0.4 is 0 Å². The van der Waals surface area contributed by atoms with Crippen LogP contribution in [0.2, 0.25) is 0 Å². The topological polar surface area (TPSA) is 76.2 Å². The number of rotatable bonds is 4. The normalized spacial score (nSPS) is 31.9. The molecule has 3 atom stereocenters. The molecule has 2 fully saturated rings. The van der Waals surface area contributed by atoms with Crippen molar-refractivity contribution in [3.05, 3.63) is 0 Å². The van der Waals surface area contributed by atoms with Crippen molar-refractivity contribution in [2.24, 2.45) is 5.92 Å². The van der Waals surface area contributed by atoms with Crippen LogP contribution in [-0.2, 0) is 24.5 Å². The van der Waals surface area contributed by atoms with Gasteiger partial charge < -0.3 is 9.47 Å². The van der Waals surface area contributed by atoms with Crippen molar-refractivity contribution in [3.8, 4) is 0 Å². The van der Waals surface area contributed by atoms with Crippen LogP contribution in [-0.4, -0.2) is 68.0 Å². The molecule has 2 aliphatic rings. The molecule has 0 N–H and O–H groups in total. The maximum absolute atomic E-state index is 12.8. The van der Waals surface area contributed by atoms with Gasteiger partial charge in [0, 0.05) is 26.2 Å². The molecule has 0 spiro atoms. The lowest BCUT2D eigenvalue weighted by molar-refractivity contribution is -0.149. The minimum atomic E-state index is -3.55. The van der Waals surface area contributed by atoms with E-state index in [4.69, 9.17) is 9.47 Å². The highest BCUT2D eigenvalue weighted by atomic mass is 32.2. The number of nitrogens with zero attached hydrogens (tertiary/aromatic N) is 2. The summed E-state index contributed by atoms with van der Waals surface area (Å²) in [5, 5.41) is 0. The Bertz CT molecular complexity index is 485. The molecule has 2 rings (SSSR count). The Morgan fingerprint density at radius 3 is 2.41 bits per heavy atom. The Morgan fingerprint density at radius 2 is 1.82 bits per heavy atom. The fraction of sp³-hybridized carbons (Fsp3) is 0.929. The second kappa shape index (κ2) is 7.25. The Balaban J connectivity index is 2.06. The van der Waals surface area contributed by atoms with Gasteiger partial charge in [0.1, 0.15) is 0 Å². The van der Waals surface area contributed by atoms with Crippen molar-refractivity contribution in [3.63, 3.8) is 0 Å². The molecule has 8 heteroatoms. The largest absolute Gasteiger partial charge is 0.466 e. The quantitative estimate of drug-likeness (QED) is 0.704. The van der Waals surface area contributed by atoms with E-state index in [-0.39, 0.29) is 30.6 Å². The van der Waals surface area contributed by atoms with Crippen molar-refractivity contribution in [2.45, 2.75) is 45.8 Å². The van der Waals surface area contributed by atoms with Crippen molar-refractivity contribution in [1.82, 2.24) is 8.61 Å². The summed E-state index contributed by atoms with van der Waals surface area (Å²) in [4.78, 5) is 11.9. The third kappa shape index (κ3) is 3.98. The molecule has 128 valence electrons. The van der Waals surface area contributed by atoms with Crippen LogP contribution in [0, 0.1) is 5.92 Å². The van der Waals surface area contributed by atoms with Gasteiger partial charge in [-0.3, -0.25) is 4.79 Å². The third-order valence-electron chi connectivity index (χ3n) is 4.04. The predicted octanol–water partition coefficient (Wildman–Crippen LogP) is 0.616. The molecule has 2 saturated heterocycles. The highest BCUT2D eigenvalue weighted by Crippen LogP contribution is 2.24. The average molecular weight is 334 g/mol. The molecule has 22 heavy (non-hydrogen) atoms. The second-order valence-corrected chi connectivity index (χ2v) is 7.96. The first-order chi connectivity index (χ1) is 10.3. The fourth-order valence-electron chi connectivity index (χ4n) is 3.09. The van der Waals surface area contributed by atoms with Crippen molar-refractivity contribution < 1.29 is 22.7 Å². The van der Waals surface area contributed by atoms with Gasteiger partial charge in [0.25, 0.3) is 10.2 Å². The van der Waals surface area contributed by atoms with Crippen LogP contribution in [0.25, 0.3) is 0 Å². The lowest BCUT2D eigenvalue weighted by atomic mass is 10.0. The van der Waals surface area contributed by atoms with Gasteiger partial charge in [0.2, 0.25) is 0 Å². The minimum absolute atomic E-state index is 0.121. The summed E-state index contributed by atoms with van der Waals surface area (Å²) >= 11 is 0. The van der Waals surface area contributed by atoms with Crippen molar-refractivity contribution in [1.29, 1.82) is 0 Å². The lowest BCUT2D eigenvalue weighted by Crippen LogP contribution is -2.55. The van der Waals surface area contributed by atoms with Gasteiger partial charge >= 0.3 is 5.97 Å². The Hall–Kier alpha value is -0.700. The summed E-state index contributed by atoms with van der Waals surface area (Å²) in [6.07, 6.45) is 1.12. The van der Waals surface area contributed by atoms with E-state index in [2.05, 4.69) is 0 Å². The van der Waals surface area contributed by atoms with Crippen LogP contribution in [0.5, 0.6) is 0 Å². The Labute approximate surface area is 132 Å². The third-order valence-corrected chi connectivity index (χ3v) is 5.98. The Morgan fingerprint density at radius 1 is 1.18 bits per heavy atom. The maximum Gasteiger partial charge on any atom is 0.310 e. The minimum Gasteiger partial charge on any atom is -0.466 e. The fourth-order valence-corrected chi connectivity index (χ4v) is 4.94. The summed E-state index contributed by atoms with van der Waals surface area (Å²) < 4.78 is 39.1. The number of hydrogen-bond donors (Lipinski definition) is 0. The van der Waals surface area contributed by atoms with Crippen LogP contribution in [0.15, 0.2) is 0 Å². The molecule has 2 heterocycles. The summed E-state index contributed by atoms with van der Waals surface area (Å²) in [7, 11) is -3.55. The number of piperidine rings is 1. The molecule has 0 amide bonds. The van der Waals surface area contributed by atoms with Crippen molar-refractivity contribution >= 4 is 16.2 Å². The zero-order valence-corrected chi connectivity index (χ0v) is 14.3. The predicted molar refractivity (Wildman–Crippen MR) is 81.4 cm³/mol. The highest BCUT2D eigenvalue weighted by molar-refractivity contribution is 7.86. The molecule has 0 bridgehead atoms. The Kier molecular flexibility index (Phi) is 5.81. The summed E-state index contributed by atoms with van der Waals surface area (Å²) in [6.45, 7) is 7.19. The van der Waals surface area contributed by atoms with E-state index in [0.29, 0.717) is 39.1 Å². The van der Waals surface area contributed by atoms with E-state index in [1.165, 1.54) is 8.61 Å². The summed E-state index contributed by atoms with van der Waals surface area (Å²) in [5.74, 6) is -0.662. The van der Waals surface area contributed by atoms with Gasteiger partial charge in [0.05, 0.1) is 24.7 Å². The first-order valence-corrected chi connectivity index (χ1v) is 9.31. The summed E-state index contributed by atoms with van der Waals surface area (Å²) in [6, 6.07) is 0. The summed E-state index contributed by atoms with van der Waals surface area (Å²) in [5.41, 5.74) is 0.